The van der Waals surface area contributed by atoms with Gasteiger partial charge in [0, 0.05) is 25.8 Å². The number of hydrogen-bond donors (Lipinski definition) is 2. The monoisotopic (exact) mass is 311 g/mol. The van der Waals surface area contributed by atoms with Crippen LogP contribution in [0.5, 0.6) is 0 Å². The summed E-state index contributed by atoms with van der Waals surface area (Å²) < 4.78 is 26.4. The third kappa shape index (κ3) is 3.95. The second-order valence-corrected chi connectivity index (χ2v) is 7.28. The summed E-state index contributed by atoms with van der Waals surface area (Å²) in [5, 5.41) is 2.59. The molecule has 0 radical (unpaired) electrons. The Hall–Kier alpha value is -1.60. The van der Waals surface area contributed by atoms with Crippen molar-refractivity contribution in [3.05, 3.63) is 29.8 Å². The van der Waals surface area contributed by atoms with Crippen molar-refractivity contribution in [2.24, 2.45) is 5.92 Å². The first-order valence-corrected chi connectivity index (χ1v) is 8.57. The highest BCUT2D eigenvalue weighted by molar-refractivity contribution is 7.88. The number of amides is 1. The average molecular weight is 311 g/mol. The molecule has 1 heterocycles. The van der Waals surface area contributed by atoms with Crippen LogP contribution in [0.3, 0.4) is 0 Å². The molecule has 1 aliphatic rings. The molecule has 0 saturated carbocycles. The van der Waals surface area contributed by atoms with E-state index in [1.165, 1.54) is 4.31 Å². The number of carbonyl (C=O) groups excluding carboxylic acids is 1. The molecule has 0 spiro atoms. The molecule has 1 unspecified atom stereocenters. The maximum atomic E-state index is 12.5. The summed E-state index contributed by atoms with van der Waals surface area (Å²) in [5.74, 6) is -0.448. The highest BCUT2D eigenvalue weighted by atomic mass is 32.2. The molecule has 1 aliphatic heterocycles. The molecule has 1 amide bonds. The molecule has 0 aromatic heterocycles. The van der Waals surface area contributed by atoms with E-state index in [0.29, 0.717) is 24.2 Å². The zero-order valence-electron chi connectivity index (χ0n) is 12.1. The highest BCUT2D eigenvalue weighted by Crippen LogP contribution is 2.22. The van der Waals surface area contributed by atoms with Crippen LogP contribution in [0, 0.1) is 5.92 Å². The predicted molar refractivity (Wildman–Crippen MR) is 81.8 cm³/mol. The van der Waals surface area contributed by atoms with E-state index in [4.69, 9.17) is 5.73 Å². The summed E-state index contributed by atoms with van der Waals surface area (Å²) in [5.41, 5.74) is 6.88. The molecule has 0 aliphatic carbocycles. The number of benzene rings is 1. The Morgan fingerprint density at radius 3 is 2.90 bits per heavy atom. The van der Waals surface area contributed by atoms with Gasteiger partial charge in [0.2, 0.25) is 15.9 Å². The summed E-state index contributed by atoms with van der Waals surface area (Å²) in [7, 11) is -1.86. The fourth-order valence-electron chi connectivity index (χ4n) is 2.60. The van der Waals surface area contributed by atoms with Gasteiger partial charge in [0.25, 0.3) is 0 Å². The fourth-order valence-corrected chi connectivity index (χ4v) is 4.20. The van der Waals surface area contributed by atoms with Gasteiger partial charge in [0.1, 0.15) is 0 Å². The number of nitrogens with one attached hydrogen (secondary N) is 1. The fraction of sp³-hybridized carbons (Fsp3) is 0.500. The molecule has 1 fully saturated rings. The molecule has 2 rings (SSSR count). The Kier molecular flexibility index (Phi) is 4.84. The number of nitrogens with zero attached hydrogens (tertiary/aromatic N) is 1. The smallest absolute Gasteiger partial charge is 0.224 e. The van der Waals surface area contributed by atoms with Gasteiger partial charge < -0.3 is 11.1 Å². The first kappa shape index (κ1) is 15.8. The van der Waals surface area contributed by atoms with Crippen molar-refractivity contribution in [3.63, 3.8) is 0 Å². The van der Waals surface area contributed by atoms with Crippen molar-refractivity contribution in [1.82, 2.24) is 9.62 Å². The number of hydrogen-bond acceptors (Lipinski definition) is 4. The normalized spacial score (nSPS) is 20.1. The molecule has 1 saturated heterocycles. The van der Waals surface area contributed by atoms with Gasteiger partial charge in [-0.05, 0) is 30.5 Å². The number of rotatable bonds is 4. The maximum absolute atomic E-state index is 12.5. The minimum Gasteiger partial charge on any atom is -0.399 e. The van der Waals surface area contributed by atoms with E-state index < -0.39 is 10.0 Å². The number of nitrogen functional groups attached to an aromatic ring is 1. The van der Waals surface area contributed by atoms with Crippen molar-refractivity contribution in [3.8, 4) is 0 Å². The summed E-state index contributed by atoms with van der Waals surface area (Å²) in [6.07, 6.45) is 1.43. The van der Waals surface area contributed by atoms with E-state index in [9.17, 15) is 13.2 Å². The minimum atomic E-state index is -3.43. The van der Waals surface area contributed by atoms with Gasteiger partial charge >= 0.3 is 0 Å². The maximum Gasteiger partial charge on any atom is 0.224 e. The van der Waals surface area contributed by atoms with Crippen molar-refractivity contribution in [2.75, 3.05) is 25.9 Å². The topological polar surface area (TPSA) is 92.5 Å². The van der Waals surface area contributed by atoms with Crippen LogP contribution >= 0.6 is 0 Å². The molecule has 7 heteroatoms. The minimum absolute atomic E-state index is 0.0848. The van der Waals surface area contributed by atoms with Gasteiger partial charge in [-0.15, -0.1) is 0 Å². The SMILES string of the molecule is CNC(=O)C1CCCN(S(=O)(=O)Cc2cccc(N)c2)C1. The number of piperidine rings is 1. The van der Waals surface area contributed by atoms with Crippen LogP contribution in [0.1, 0.15) is 18.4 Å². The zero-order chi connectivity index (χ0) is 15.5. The van der Waals surface area contributed by atoms with Gasteiger partial charge in [0.15, 0.2) is 0 Å². The third-order valence-corrected chi connectivity index (χ3v) is 5.51. The molecule has 1 aromatic carbocycles. The van der Waals surface area contributed by atoms with E-state index >= 15 is 0 Å². The lowest BCUT2D eigenvalue weighted by Gasteiger charge is -2.31. The summed E-state index contributed by atoms with van der Waals surface area (Å²) >= 11 is 0. The van der Waals surface area contributed by atoms with Crippen molar-refractivity contribution < 1.29 is 13.2 Å². The lowest BCUT2D eigenvalue weighted by molar-refractivity contribution is -0.125. The lowest BCUT2D eigenvalue weighted by Crippen LogP contribution is -2.45. The number of nitrogens with two attached hydrogens (primary N) is 1. The Morgan fingerprint density at radius 1 is 1.48 bits per heavy atom. The van der Waals surface area contributed by atoms with E-state index in [0.717, 1.165) is 6.42 Å². The van der Waals surface area contributed by atoms with E-state index in [1.54, 1.807) is 31.3 Å². The first-order valence-electron chi connectivity index (χ1n) is 6.96. The number of anilines is 1. The van der Waals surface area contributed by atoms with E-state index in [1.807, 2.05) is 0 Å². The number of sulfonamides is 1. The lowest BCUT2D eigenvalue weighted by atomic mass is 9.99. The van der Waals surface area contributed by atoms with Crippen LogP contribution in [0.2, 0.25) is 0 Å². The van der Waals surface area contributed by atoms with Gasteiger partial charge in [0.05, 0.1) is 11.7 Å². The van der Waals surface area contributed by atoms with Crippen LogP contribution in [0.25, 0.3) is 0 Å². The molecular formula is C14H21N3O3S. The predicted octanol–water partition coefficient (Wildman–Crippen LogP) is 0.557. The third-order valence-electron chi connectivity index (χ3n) is 3.69. The van der Waals surface area contributed by atoms with Gasteiger partial charge in [-0.25, -0.2) is 12.7 Å². The standard InChI is InChI=1S/C14H21N3O3S/c1-16-14(18)12-5-3-7-17(9-12)21(19,20)10-11-4-2-6-13(15)8-11/h2,4,6,8,12H,3,5,7,9-10,15H2,1H3,(H,16,18). The van der Waals surface area contributed by atoms with Crippen LogP contribution in [-0.2, 0) is 20.6 Å². The molecule has 6 nitrogen and oxygen atoms in total. The quantitative estimate of drug-likeness (QED) is 0.795. The summed E-state index contributed by atoms with van der Waals surface area (Å²) in [6, 6.07) is 6.87. The Labute approximate surface area is 125 Å². The Bertz CT molecular complexity index is 616. The van der Waals surface area contributed by atoms with Crippen LogP contribution in [0.4, 0.5) is 5.69 Å². The van der Waals surface area contributed by atoms with Crippen molar-refractivity contribution >= 4 is 21.6 Å². The molecule has 21 heavy (non-hydrogen) atoms. The Balaban J connectivity index is 2.10. The summed E-state index contributed by atoms with van der Waals surface area (Å²) in [4.78, 5) is 11.7. The number of carbonyl (C=O) groups is 1. The van der Waals surface area contributed by atoms with E-state index in [2.05, 4.69) is 5.32 Å². The summed E-state index contributed by atoms with van der Waals surface area (Å²) in [6.45, 7) is 0.725. The van der Waals surface area contributed by atoms with Crippen LogP contribution in [0.15, 0.2) is 24.3 Å². The Morgan fingerprint density at radius 2 is 2.24 bits per heavy atom. The van der Waals surface area contributed by atoms with Crippen molar-refractivity contribution in [1.29, 1.82) is 0 Å². The zero-order valence-corrected chi connectivity index (χ0v) is 12.9. The van der Waals surface area contributed by atoms with Gasteiger partial charge in [-0.3, -0.25) is 4.79 Å². The van der Waals surface area contributed by atoms with E-state index in [-0.39, 0.29) is 24.1 Å². The molecule has 116 valence electrons. The van der Waals surface area contributed by atoms with Gasteiger partial charge in [-0.2, -0.15) is 0 Å². The van der Waals surface area contributed by atoms with Crippen LogP contribution in [-0.4, -0.2) is 38.8 Å². The van der Waals surface area contributed by atoms with Crippen molar-refractivity contribution in [2.45, 2.75) is 18.6 Å². The largest absolute Gasteiger partial charge is 0.399 e. The average Bonchev–Trinajstić information content (AvgIpc) is 2.46. The molecule has 3 N–H and O–H groups in total. The van der Waals surface area contributed by atoms with Crippen LogP contribution < -0.4 is 11.1 Å². The first-order chi connectivity index (χ1) is 9.92. The molecule has 1 atom stereocenters. The molecule has 0 bridgehead atoms. The van der Waals surface area contributed by atoms with Gasteiger partial charge in [-0.1, -0.05) is 12.1 Å². The highest BCUT2D eigenvalue weighted by Gasteiger charge is 2.31. The second-order valence-electron chi connectivity index (χ2n) is 5.31. The molecular weight excluding hydrogens is 290 g/mol. The second kappa shape index (κ2) is 6.44. The molecule has 1 aromatic rings.